The Morgan fingerprint density at radius 1 is 1.28 bits per heavy atom. The van der Waals surface area contributed by atoms with E-state index < -0.39 is 0 Å². The smallest absolute Gasteiger partial charge is 0.142 e. The van der Waals surface area contributed by atoms with Crippen molar-refractivity contribution in [3.8, 4) is 0 Å². The number of aliphatic hydroxyl groups excluding tert-OH is 1. The third-order valence-electron chi connectivity index (χ3n) is 2.29. The first-order chi connectivity index (χ1) is 8.58. The summed E-state index contributed by atoms with van der Waals surface area (Å²) in [4.78, 5) is 1.34. The van der Waals surface area contributed by atoms with Gasteiger partial charge in [0.1, 0.15) is 22.5 Å². The van der Waals surface area contributed by atoms with Gasteiger partial charge in [0.05, 0.1) is 0 Å². The maximum Gasteiger partial charge on any atom is 0.142 e. The van der Waals surface area contributed by atoms with Crippen LogP contribution in [0.1, 0.15) is 6.92 Å². The second-order valence-electron chi connectivity index (χ2n) is 3.73. The summed E-state index contributed by atoms with van der Waals surface area (Å²) in [5.41, 5.74) is 1.89. The van der Waals surface area contributed by atoms with Crippen LogP contribution in [0.4, 0.5) is 0 Å². The molecule has 0 aliphatic heterocycles. The molecule has 18 heavy (non-hydrogen) atoms. The van der Waals surface area contributed by atoms with Crippen molar-refractivity contribution in [2.75, 3.05) is 0 Å². The Bertz CT molecular complexity index is 618. The number of allylic oxidation sites excluding steroid dienone is 4. The molecule has 4 nitrogen and oxygen atoms in total. The van der Waals surface area contributed by atoms with E-state index >= 15 is 0 Å². The minimum absolute atomic E-state index is 0.0475. The van der Waals surface area contributed by atoms with Gasteiger partial charge in [0.2, 0.25) is 0 Å². The van der Waals surface area contributed by atoms with Crippen molar-refractivity contribution in [1.29, 1.82) is 0 Å². The molecule has 0 unspecified atom stereocenters. The van der Waals surface area contributed by atoms with Gasteiger partial charge in [-0.1, -0.05) is 18.7 Å². The zero-order valence-electron chi connectivity index (χ0n) is 9.84. The SMILES string of the molecule is C=C(/C(O)=C\C=C(/C)I)n1nc2ccccc2n1. The number of aromatic nitrogens is 3. The van der Waals surface area contributed by atoms with Gasteiger partial charge in [-0.25, -0.2) is 0 Å². The molecular formula is C13H12IN3O. The van der Waals surface area contributed by atoms with Crippen LogP contribution in [0.3, 0.4) is 0 Å². The molecule has 0 amide bonds. The number of hydrogen-bond donors (Lipinski definition) is 1. The Morgan fingerprint density at radius 3 is 2.33 bits per heavy atom. The third kappa shape index (κ3) is 2.79. The Morgan fingerprint density at radius 2 is 1.83 bits per heavy atom. The highest BCUT2D eigenvalue weighted by atomic mass is 127. The number of hydrogen-bond acceptors (Lipinski definition) is 3. The average molecular weight is 353 g/mol. The van der Waals surface area contributed by atoms with Crippen molar-refractivity contribution < 1.29 is 5.11 Å². The van der Waals surface area contributed by atoms with E-state index in [0.717, 1.165) is 14.6 Å². The van der Waals surface area contributed by atoms with E-state index in [0.29, 0.717) is 5.70 Å². The second-order valence-corrected chi connectivity index (χ2v) is 5.43. The molecule has 1 heterocycles. The Labute approximate surface area is 118 Å². The molecule has 1 aromatic carbocycles. The highest BCUT2D eigenvalue weighted by Crippen LogP contribution is 2.14. The fraction of sp³-hybridized carbons (Fsp3) is 0.0769. The lowest BCUT2D eigenvalue weighted by Crippen LogP contribution is -2.02. The molecule has 0 saturated heterocycles. The molecule has 0 spiro atoms. The van der Waals surface area contributed by atoms with Gasteiger partial charge >= 0.3 is 0 Å². The van der Waals surface area contributed by atoms with E-state index in [9.17, 15) is 5.11 Å². The molecule has 0 atom stereocenters. The maximum atomic E-state index is 9.86. The zero-order chi connectivity index (χ0) is 13.1. The fourth-order valence-electron chi connectivity index (χ4n) is 1.37. The van der Waals surface area contributed by atoms with Crippen LogP contribution >= 0.6 is 22.6 Å². The molecule has 0 aliphatic carbocycles. The van der Waals surface area contributed by atoms with E-state index in [1.807, 2.05) is 31.2 Å². The molecule has 2 aromatic rings. The van der Waals surface area contributed by atoms with E-state index in [2.05, 4.69) is 39.4 Å². The summed E-state index contributed by atoms with van der Waals surface area (Å²) in [6.45, 7) is 5.72. The summed E-state index contributed by atoms with van der Waals surface area (Å²) < 4.78 is 1.06. The molecule has 0 aliphatic rings. The van der Waals surface area contributed by atoms with Gasteiger partial charge in [0.15, 0.2) is 0 Å². The van der Waals surface area contributed by atoms with E-state index in [4.69, 9.17) is 0 Å². The Hall–Kier alpha value is -1.63. The van der Waals surface area contributed by atoms with Gasteiger partial charge in [-0.05, 0) is 57.4 Å². The van der Waals surface area contributed by atoms with Crippen LogP contribution in [0.15, 0.2) is 52.3 Å². The lowest BCUT2D eigenvalue weighted by atomic mass is 10.3. The number of aliphatic hydroxyl groups is 1. The topological polar surface area (TPSA) is 50.9 Å². The summed E-state index contributed by atoms with van der Waals surface area (Å²) in [5, 5.41) is 18.3. The summed E-state index contributed by atoms with van der Waals surface area (Å²) in [5.74, 6) is 0.0475. The van der Waals surface area contributed by atoms with Gasteiger partial charge in [0, 0.05) is 0 Å². The minimum Gasteiger partial charge on any atom is -0.506 e. The van der Waals surface area contributed by atoms with Crippen LogP contribution in [0.2, 0.25) is 0 Å². The molecule has 1 N–H and O–H groups in total. The van der Waals surface area contributed by atoms with Crippen LogP contribution in [0, 0.1) is 0 Å². The van der Waals surface area contributed by atoms with Crippen LogP contribution in [-0.2, 0) is 0 Å². The first kappa shape index (κ1) is 12.8. The van der Waals surface area contributed by atoms with Crippen molar-refractivity contribution in [3.05, 3.63) is 52.3 Å². The first-order valence-corrected chi connectivity index (χ1v) is 6.40. The van der Waals surface area contributed by atoms with Gasteiger partial charge in [-0.2, -0.15) is 0 Å². The van der Waals surface area contributed by atoms with Crippen molar-refractivity contribution in [2.45, 2.75) is 6.92 Å². The quantitative estimate of drug-likeness (QED) is 0.520. The molecule has 2 rings (SSSR count). The lowest BCUT2D eigenvalue weighted by Gasteiger charge is -2.01. The molecule has 5 heteroatoms. The monoisotopic (exact) mass is 353 g/mol. The van der Waals surface area contributed by atoms with Gasteiger partial charge in [0.25, 0.3) is 0 Å². The molecule has 0 bridgehead atoms. The van der Waals surface area contributed by atoms with E-state index in [-0.39, 0.29) is 5.76 Å². The second kappa shape index (κ2) is 5.34. The fourth-order valence-corrected chi connectivity index (χ4v) is 1.55. The largest absolute Gasteiger partial charge is 0.506 e. The van der Waals surface area contributed by atoms with Crippen LogP contribution in [0.25, 0.3) is 16.7 Å². The van der Waals surface area contributed by atoms with Crippen molar-refractivity contribution >= 4 is 39.3 Å². The van der Waals surface area contributed by atoms with Crippen molar-refractivity contribution in [1.82, 2.24) is 15.0 Å². The number of halogens is 1. The molecule has 0 saturated carbocycles. The zero-order valence-corrected chi connectivity index (χ0v) is 12.0. The molecule has 1 aromatic heterocycles. The lowest BCUT2D eigenvalue weighted by molar-refractivity contribution is 0.428. The highest BCUT2D eigenvalue weighted by molar-refractivity contribution is 14.1. The highest BCUT2D eigenvalue weighted by Gasteiger charge is 2.07. The predicted molar refractivity (Wildman–Crippen MR) is 81.3 cm³/mol. The van der Waals surface area contributed by atoms with E-state index in [1.165, 1.54) is 4.80 Å². The van der Waals surface area contributed by atoms with Crippen LogP contribution in [0.5, 0.6) is 0 Å². The summed E-state index contributed by atoms with van der Waals surface area (Å²) in [6.07, 6.45) is 3.38. The summed E-state index contributed by atoms with van der Waals surface area (Å²) >= 11 is 2.16. The maximum absolute atomic E-state index is 9.86. The molecule has 0 radical (unpaired) electrons. The Balaban J connectivity index is 2.34. The number of fused-ring (bicyclic) bond motifs is 1. The van der Waals surface area contributed by atoms with Gasteiger partial charge < -0.3 is 5.11 Å². The van der Waals surface area contributed by atoms with Crippen molar-refractivity contribution in [3.63, 3.8) is 0 Å². The molecular weight excluding hydrogens is 341 g/mol. The van der Waals surface area contributed by atoms with Crippen molar-refractivity contribution in [2.24, 2.45) is 0 Å². The standard InChI is InChI=1S/C13H12IN3O/c1-9(14)7-8-13(18)10(2)17-15-11-5-3-4-6-12(11)16-17/h3-8,18H,2H2,1H3/b9-7+,13-8+. The van der Waals surface area contributed by atoms with Crippen LogP contribution < -0.4 is 0 Å². The summed E-state index contributed by atoms with van der Waals surface area (Å²) in [7, 11) is 0. The van der Waals surface area contributed by atoms with Gasteiger partial charge in [-0.3, -0.25) is 0 Å². The number of benzene rings is 1. The first-order valence-electron chi connectivity index (χ1n) is 5.32. The molecule has 0 fully saturated rings. The van der Waals surface area contributed by atoms with Crippen LogP contribution in [-0.4, -0.2) is 20.1 Å². The normalized spacial score (nSPS) is 13.0. The average Bonchev–Trinajstić information content (AvgIpc) is 2.78. The molecule has 92 valence electrons. The predicted octanol–water partition coefficient (Wildman–Crippen LogP) is 3.68. The Kier molecular flexibility index (Phi) is 3.81. The third-order valence-corrected chi connectivity index (χ3v) is 2.65. The van der Waals surface area contributed by atoms with Gasteiger partial charge in [-0.15, -0.1) is 15.0 Å². The number of nitrogens with zero attached hydrogens (tertiary/aromatic N) is 3. The van der Waals surface area contributed by atoms with E-state index in [1.54, 1.807) is 12.2 Å². The number of rotatable bonds is 3. The summed E-state index contributed by atoms with van der Waals surface area (Å²) in [6, 6.07) is 7.51. The minimum atomic E-state index is 0.0475.